The van der Waals surface area contributed by atoms with Crippen molar-refractivity contribution in [2.24, 2.45) is 0 Å². The molecule has 3 aromatic rings. The first-order chi connectivity index (χ1) is 9.29. The Morgan fingerprint density at radius 1 is 1.26 bits per heavy atom. The summed E-state index contributed by atoms with van der Waals surface area (Å²) in [4.78, 5) is 15.2. The number of benzene rings is 1. The Morgan fingerprint density at radius 3 is 2.68 bits per heavy atom. The average molecular weight is 274 g/mol. The van der Waals surface area contributed by atoms with Crippen LogP contribution in [0.2, 0.25) is 0 Å². The summed E-state index contributed by atoms with van der Waals surface area (Å²) in [6.07, 6.45) is 2.26. The summed E-state index contributed by atoms with van der Waals surface area (Å²) in [5.74, 6) is -0.343. The van der Waals surface area contributed by atoms with Crippen molar-refractivity contribution in [1.82, 2.24) is 20.0 Å². The fourth-order valence-corrected chi connectivity index (χ4v) is 2.30. The van der Waals surface area contributed by atoms with E-state index in [0.29, 0.717) is 22.7 Å². The maximum Gasteiger partial charge on any atom is 0.212 e. The van der Waals surface area contributed by atoms with E-state index in [1.807, 2.05) is 0 Å². The summed E-state index contributed by atoms with van der Waals surface area (Å²) in [5, 5.41) is 10.1. The van der Waals surface area contributed by atoms with Crippen LogP contribution >= 0.6 is 11.3 Å². The summed E-state index contributed by atoms with van der Waals surface area (Å²) in [6.45, 7) is 0. The first-order valence-electron chi connectivity index (χ1n) is 5.36. The van der Waals surface area contributed by atoms with E-state index < -0.39 is 0 Å². The number of carbonyl (C=O) groups is 1. The van der Waals surface area contributed by atoms with Crippen LogP contribution in [-0.4, -0.2) is 26.3 Å². The van der Waals surface area contributed by atoms with Crippen LogP contribution in [0.3, 0.4) is 0 Å². The Balaban J connectivity index is 2.21. The number of thiazole rings is 1. The van der Waals surface area contributed by atoms with Gasteiger partial charge in [-0.15, -0.1) is 16.4 Å². The zero-order chi connectivity index (χ0) is 13.2. The number of aldehydes is 1. The van der Waals surface area contributed by atoms with E-state index in [9.17, 15) is 9.18 Å². The minimum absolute atomic E-state index is 0.196. The maximum atomic E-state index is 13.0. The maximum absolute atomic E-state index is 13.0. The second-order valence-corrected chi connectivity index (χ2v) is 4.55. The van der Waals surface area contributed by atoms with Gasteiger partial charge in [0, 0.05) is 17.1 Å². The molecule has 0 N–H and O–H groups in total. The number of hydrogen-bond acceptors (Lipinski definition) is 5. The first-order valence-corrected chi connectivity index (χ1v) is 6.24. The second kappa shape index (κ2) is 4.69. The van der Waals surface area contributed by atoms with Crippen molar-refractivity contribution >= 4 is 17.6 Å². The fraction of sp³-hybridized carbons (Fsp3) is 0. The summed E-state index contributed by atoms with van der Waals surface area (Å²) in [5.41, 5.74) is 1.36. The minimum atomic E-state index is -0.343. The molecule has 3 rings (SSSR count). The van der Waals surface area contributed by atoms with E-state index in [1.54, 1.807) is 23.7 Å². The molecule has 5 nitrogen and oxygen atoms in total. The molecule has 0 spiro atoms. The molecule has 0 fully saturated rings. The Bertz CT molecular complexity index is 706. The highest BCUT2D eigenvalue weighted by Crippen LogP contribution is 2.25. The summed E-state index contributed by atoms with van der Waals surface area (Å²) >= 11 is 1.37. The van der Waals surface area contributed by atoms with Gasteiger partial charge in [0.2, 0.25) is 5.13 Å². The molecule has 0 bridgehead atoms. The highest BCUT2D eigenvalue weighted by molar-refractivity contribution is 7.12. The van der Waals surface area contributed by atoms with Crippen molar-refractivity contribution in [3.8, 4) is 16.4 Å². The molecule has 0 aliphatic carbocycles. The lowest BCUT2D eigenvalue weighted by Crippen LogP contribution is -1.99. The summed E-state index contributed by atoms with van der Waals surface area (Å²) < 4.78 is 14.4. The number of carbonyl (C=O) groups excluding carboxylic acids is 1. The molecule has 0 amide bonds. The van der Waals surface area contributed by atoms with E-state index in [4.69, 9.17) is 0 Å². The Morgan fingerprint density at radius 2 is 2.05 bits per heavy atom. The summed E-state index contributed by atoms with van der Waals surface area (Å²) in [7, 11) is 0. The van der Waals surface area contributed by atoms with Crippen molar-refractivity contribution in [3.05, 3.63) is 47.4 Å². The standard InChI is InChI=1S/C12H7FN4OS/c13-9-3-1-8(2-4-9)11-10(7-18)15-16-17(11)12-14-5-6-19-12/h1-7H. The van der Waals surface area contributed by atoms with Crippen molar-refractivity contribution in [3.63, 3.8) is 0 Å². The summed E-state index contributed by atoms with van der Waals surface area (Å²) in [6, 6.07) is 5.79. The zero-order valence-electron chi connectivity index (χ0n) is 9.52. The largest absolute Gasteiger partial charge is 0.296 e. The van der Waals surface area contributed by atoms with Crippen LogP contribution in [0.25, 0.3) is 16.4 Å². The van der Waals surface area contributed by atoms with Crippen molar-refractivity contribution in [2.75, 3.05) is 0 Å². The van der Waals surface area contributed by atoms with Crippen LogP contribution in [0.15, 0.2) is 35.8 Å². The molecule has 0 aliphatic rings. The van der Waals surface area contributed by atoms with E-state index in [1.165, 1.54) is 28.2 Å². The molecule has 19 heavy (non-hydrogen) atoms. The highest BCUT2D eigenvalue weighted by Gasteiger charge is 2.17. The van der Waals surface area contributed by atoms with Gasteiger partial charge in [0.1, 0.15) is 11.5 Å². The van der Waals surface area contributed by atoms with Crippen molar-refractivity contribution < 1.29 is 9.18 Å². The molecule has 2 heterocycles. The quantitative estimate of drug-likeness (QED) is 0.688. The molecule has 2 aromatic heterocycles. The van der Waals surface area contributed by atoms with Crippen LogP contribution in [0.5, 0.6) is 0 Å². The van der Waals surface area contributed by atoms with Gasteiger partial charge in [-0.25, -0.2) is 9.37 Å². The number of nitrogens with zero attached hydrogens (tertiary/aromatic N) is 4. The van der Waals surface area contributed by atoms with Crippen LogP contribution in [0.4, 0.5) is 4.39 Å². The molecule has 0 saturated carbocycles. The topological polar surface area (TPSA) is 60.7 Å². The molecule has 7 heteroatoms. The molecule has 0 atom stereocenters. The molecular formula is C12H7FN4OS. The zero-order valence-corrected chi connectivity index (χ0v) is 10.3. The van der Waals surface area contributed by atoms with Crippen LogP contribution in [-0.2, 0) is 0 Å². The van der Waals surface area contributed by atoms with Crippen LogP contribution in [0.1, 0.15) is 10.5 Å². The molecule has 0 unspecified atom stereocenters. The average Bonchev–Trinajstić information content (AvgIpc) is 3.08. The SMILES string of the molecule is O=Cc1nnn(-c2nccs2)c1-c1ccc(F)cc1. The Hall–Kier alpha value is -2.41. The Labute approximate surface area is 111 Å². The fourth-order valence-electron chi connectivity index (χ4n) is 1.71. The van der Waals surface area contributed by atoms with E-state index >= 15 is 0 Å². The molecule has 0 saturated heterocycles. The smallest absolute Gasteiger partial charge is 0.212 e. The van der Waals surface area contributed by atoms with Gasteiger partial charge < -0.3 is 0 Å². The molecule has 94 valence electrons. The minimum Gasteiger partial charge on any atom is -0.296 e. The molecular weight excluding hydrogens is 267 g/mol. The normalized spacial score (nSPS) is 10.6. The van der Waals surface area contributed by atoms with Gasteiger partial charge in [-0.1, -0.05) is 5.21 Å². The third kappa shape index (κ3) is 2.04. The van der Waals surface area contributed by atoms with Crippen molar-refractivity contribution in [2.45, 2.75) is 0 Å². The predicted molar refractivity (Wildman–Crippen MR) is 67.8 cm³/mol. The number of halogens is 1. The van der Waals surface area contributed by atoms with Gasteiger partial charge in [0.25, 0.3) is 0 Å². The number of hydrogen-bond donors (Lipinski definition) is 0. The van der Waals surface area contributed by atoms with Crippen molar-refractivity contribution in [1.29, 1.82) is 0 Å². The van der Waals surface area contributed by atoms with Gasteiger partial charge in [0.15, 0.2) is 12.0 Å². The van der Waals surface area contributed by atoms with E-state index in [2.05, 4.69) is 15.3 Å². The van der Waals surface area contributed by atoms with Gasteiger partial charge in [-0.2, -0.15) is 4.68 Å². The van der Waals surface area contributed by atoms with E-state index in [0.717, 1.165) is 0 Å². The van der Waals surface area contributed by atoms with Crippen LogP contribution < -0.4 is 0 Å². The first kappa shape index (κ1) is 11.7. The molecule has 0 aliphatic heterocycles. The molecule has 0 radical (unpaired) electrons. The third-order valence-corrected chi connectivity index (χ3v) is 3.27. The number of aromatic nitrogens is 4. The second-order valence-electron chi connectivity index (χ2n) is 3.67. The predicted octanol–water partition coefficient (Wildman–Crippen LogP) is 2.34. The van der Waals surface area contributed by atoms with Crippen LogP contribution in [0, 0.1) is 5.82 Å². The monoisotopic (exact) mass is 274 g/mol. The van der Waals surface area contributed by atoms with Gasteiger partial charge in [-0.3, -0.25) is 4.79 Å². The number of rotatable bonds is 3. The van der Waals surface area contributed by atoms with Gasteiger partial charge in [0.05, 0.1) is 0 Å². The molecule has 1 aromatic carbocycles. The van der Waals surface area contributed by atoms with Gasteiger partial charge in [-0.05, 0) is 24.3 Å². The van der Waals surface area contributed by atoms with E-state index in [-0.39, 0.29) is 11.5 Å². The lowest BCUT2D eigenvalue weighted by molar-refractivity contribution is 0.111. The Kier molecular flexibility index (Phi) is 2.88. The third-order valence-electron chi connectivity index (χ3n) is 2.53. The highest BCUT2D eigenvalue weighted by atomic mass is 32.1. The lowest BCUT2D eigenvalue weighted by Gasteiger charge is -2.03. The van der Waals surface area contributed by atoms with Gasteiger partial charge >= 0.3 is 0 Å². The lowest BCUT2D eigenvalue weighted by atomic mass is 10.1.